The zero-order valence-electron chi connectivity index (χ0n) is 22.5. The van der Waals surface area contributed by atoms with Gasteiger partial charge in [-0.15, -0.1) is 0 Å². The molecule has 0 amide bonds. The Balaban J connectivity index is 1.97. The molecule has 2 rings (SSSR count). The van der Waals surface area contributed by atoms with Crippen molar-refractivity contribution in [1.82, 2.24) is 0 Å². The van der Waals surface area contributed by atoms with Gasteiger partial charge in [-0.1, -0.05) is 92.6 Å². The zero-order valence-corrected chi connectivity index (χ0v) is 22.5. The molecule has 0 radical (unpaired) electrons. The first-order chi connectivity index (χ1) is 15.5. The first kappa shape index (κ1) is 27.6. The third kappa shape index (κ3) is 8.00. The SMILES string of the molecule is CC(C)(C)c1cc(CCC(=O)OC(=O)CCc2ccc(O)c(C(C)(C)C)c2)cc(C(C)(C)C)c1. The highest BCUT2D eigenvalue weighted by atomic mass is 16.6. The van der Waals surface area contributed by atoms with Crippen molar-refractivity contribution in [2.24, 2.45) is 0 Å². The van der Waals surface area contributed by atoms with E-state index in [2.05, 4.69) is 59.7 Å². The van der Waals surface area contributed by atoms with Gasteiger partial charge in [0.15, 0.2) is 0 Å². The first-order valence-corrected chi connectivity index (χ1v) is 12.2. The molecule has 186 valence electrons. The van der Waals surface area contributed by atoms with E-state index in [1.54, 1.807) is 12.1 Å². The Hall–Kier alpha value is -2.62. The van der Waals surface area contributed by atoms with Crippen molar-refractivity contribution < 1.29 is 19.4 Å². The largest absolute Gasteiger partial charge is 0.508 e. The van der Waals surface area contributed by atoms with Crippen LogP contribution in [0.5, 0.6) is 5.75 Å². The smallest absolute Gasteiger partial charge is 0.313 e. The van der Waals surface area contributed by atoms with Crippen molar-refractivity contribution >= 4 is 11.9 Å². The third-order valence-corrected chi connectivity index (χ3v) is 6.06. The van der Waals surface area contributed by atoms with Crippen LogP contribution in [0.4, 0.5) is 0 Å². The van der Waals surface area contributed by atoms with Crippen LogP contribution in [0.25, 0.3) is 0 Å². The lowest BCUT2D eigenvalue weighted by Gasteiger charge is -2.26. The molecule has 0 saturated carbocycles. The molecule has 1 N–H and O–H groups in total. The summed E-state index contributed by atoms with van der Waals surface area (Å²) in [7, 11) is 0. The quantitative estimate of drug-likeness (QED) is 0.371. The van der Waals surface area contributed by atoms with Crippen LogP contribution >= 0.6 is 0 Å². The second-order valence-corrected chi connectivity index (χ2v) is 12.4. The van der Waals surface area contributed by atoms with E-state index in [1.165, 1.54) is 11.1 Å². The number of carbonyl (C=O) groups is 2. The molecule has 0 aliphatic heterocycles. The Bertz CT molecular complexity index is 995. The predicted octanol–water partition coefficient (Wildman–Crippen LogP) is 6.92. The molecule has 0 fully saturated rings. The van der Waals surface area contributed by atoms with Gasteiger partial charge in [0.05, 0.1) is 12.8 Å². The van der Waals surface area contributed by atoms with Crippen molar-refractivity contribution in [1.29, 1.82) is 0 Å². The molecule has 2 aromatic rings. The van der Waals surface area contributed by atoms with Gasteiger partial charge < -0.3 is 9.84 Å². The Morgan fingerprint density at radius 2 is 1.15 bits per heavy atom. The lowest BCUT2D eigenvalue weighted by Crippen LogP contribution is -2.18. The number of hydrogen-bond acceptors (Lipinski definition) is 4. The Morgan fingerprint density at radius 3 is 1.59 bits per heavy atom. The summed E-state index contributed by atoms with van der Waals surface area (Å²) < 4.78 is 5.08. The van der Waals surface area contributed by atoms with Gasteiger partial charge in [0.25, 0.3) is 0 Å². The summed E-state index contributed by atoms with van der Waals surface area (Å²) in [4.78, 5) is 24.6. The minimum absolute atomic E-state index is 0.00751. The van der Waals surface area contributed by atoms with E-state index < -0.39 is 11.9 Å². The highest BCUT2D eigenvalue weighted by Crippen LogP contribution is 2.32. The lowest BCUT2D eigenvalue weighted by molar-refractivity contribution is -0.159. The Kier molecular flexibility index (Phi) is 8.39. The average molecular weight is 467 g/mol. The second-order valence-electron chi connectivity index (χ2n) is 12.4. The van der Waals surface area contributed by atoms with Crippen molar-refractivity contribution in [2.75, 3.05) is 0 Å². The number of ether oxygens (including phenoxy) is 1. The fourth-order valence-corrected chi connectivity index (χ4v) is 3.76. The maximum atomic E-state index is 12.4. The monoisotopic (exact) mass is 466 g/mol. The molecule has 0 spiro atoms. The van der Waals surface area contributed by atoms with Crippen molar-refractivity contribution in [3.63, 3.8) is 0 Å². The molecule has 0 aromatic heterocycles. The van der Waals surface area contributed by atoms with E-state index in [-0.39, 0.29) is 34.8 Å². The molecule has 0 atom stereocenters. The van der Waals surface area contributed by atoms with Crippen molar-refractivity contribution in [3.05, 3.63) is 64.2 Å². The maximum Gasteiger partial charge on any atom is 0.313 e. The summed E-state index contributed by atoms with van der Waals surface area (Å²) in [6, 6.07) is 11.9. The van der Waals surface area contributed by atoms with Gasteiger partial charge in [-0.2, -0.15) is 0 Å². The molecule has 0 saturated heterocycles. The van der Waals surface area contributed by atoms with Crippen molar-refractivity contribution in [2.45, 2.75) is 104 Å². The van der Waals surface area contributed by atoms with Crippen molar-refractivity contribution in [3.8, 4) is 5.75 Å². The van der Waals surface area contributed by atoms with E-state index in [4.69, 9.17) is 4.74 Å². The van der Waals surface area contributed by atoms with Crippen LogP contribution in [0.3, 0.4) is 0 Å². The maximum absolute atomic E-state index is 12.4. The summed E-state index contributed by atoms with van der Waals surface area (Å²) >= 11 is 0. The molecule has 0 heterocycles. The van der Waals surface area contributed by atoms with E-state index in [0.29, 0.717) is 12.8 Å². The fraction of sp³-hybridized carbons (Fsp3) is 0.533. The van der Waals surface area contributed by atoms with Gasteiger partial charge in [0.2, 0.25) is 0 Å². The van der Waals surface area contributed by atoms with Gasteiger partial charge in [0, 0.05) is 0 Å². The lowest BCUT2D eigenvalue weighted by atomic mass is 9.79. The minimum Gasteiger partial charge on any atom is -0.508 e. The fourth-order valence-electron chi connectivity index (χ4n) is 3.76. The molecule has 0 aliphatic carbocycles. The highest BCUT2D eigenvalue weighted by molar-refractivity contribution is 5.85. The van der Waals surface area contributed by atoms with Crippen LogP contribution in [0, 0.1) is 0 Å². The molecular formula is C30H42O4. The number of hydrogen-bond donors (Lipinski definition) is 1. The summed E-state index contributed by atoms with van der Waals surface area (Å²) in [6.45, 7) is 19.2. The number of aromatic hydroxyl groups is 1. The van der Waals surface area contributed by atoms with Crippen LogP contribution in [0.2, 0.25) is 0 Å². The highest BCUT2D eigenvalue weighted by Gasteiger charge is 2.21. The molecule has 0 bridgehead atoms. The first-order valence-electron chi connectivity index (χ1n) is 12.2. The molecular weight excluding hydrogens is 424 g/mol. The van der Waals surface area contributed by atoms with Gasteiger partial charge in [-0.3, -0.25) is 9.59 Å². The summed E-state index contributed by atoms with van der Waals surface area (Å²) in [6.07, 6.45) is 1.27. The predicted molar refractivity (Wildman–Crippen MR) is 138 cm³/mol. The number of benzene rings is 2. The number of esters is 2. The van der Waals surface area contributed by atoms with Crippen LogP contribution < -0.4 is 0 Å². The van der Waals surface area contributed by atoms with Crippen LogP contribution in [-0.2, 0) is 43.4 Å². The van der Waals surface area contributed by atoms with E-state index in [1.807, 2.05) is 26.8 Å². The number of carbonyl (C=O) groups excluding carboxylic acids is 2. The molecule has 4 nitrogen and oxygen atoms in total. The van der Waals surface area contributed by atoms with Gasteiger partial charge in [-0.05, 0) is 63.0 Å². The number of phenolic OH excluding ortho intramolecular Hbond substituents is 1. The number of aryl methyl sites for hydroxylation is 2. The van der Waals surface area contributed by atoms with E-state index in [9.17, 15) is 14.7 Å². The minimum atomic E-state index is -0.519. The number of phenols is 1. The second kappa shape index (κ2) is 10.3. The Labute approximate surface area is 205 Å². The van der Waals surface area contributed by atoms with Gasteiger partial charge in [-0.25, -0.2) is 0 Å². The molecule has 4 heteroatoms. The van der Waals surface area contributed by atoms with E-state index in [0.717, 1.165) is 16.7 Å². The standard InChI is InChI=1S/C30H42O4/c1-28(2,3)22-16-21(17-23(19-22)29(4,5)6)12-15-27(33)34-26(32)14-11-20-10-13-25(31)24(18-20)30(7,8)9/h10,13,16-19,31H,11-12,14-15H2,1-9H3. The molecule has 2 aromatic carbocycles. The van der Waals surface area contributed by atoms with Gasteiger partial charge >= 0.3 is 11.9 Å². The topological polar surface area (TPSA) is 63.6 Å². The Morgan fingerprint density at radius 1 is 0.676 bits per heavy atom. The molecule has 0 unspecified atom stereocenters. The summed E-state index contributed by atoms with van der Waals surface area (Å²) in [5.41, 5.74) is 5.14. The zero-order chi connectivity index (χ0) is 25.9. The summed E-state index contributed by atoms with van der Waals surface area (Å²) in [5.74, 6) is -0.766. The van der Waals surface area contributed by atoms with Gasteiger partial charge in [0.1, 0.15) is 5.75 Å². The normalized spacial score (nSPS) is 12.5. The van der Waals surface area contributed by atoms with Crippen LogP contribution in [0.15, 0.2) is 36.4 Å². The average Bonchev–Trinajstić information content (AvgIpc) is 2.69. The molecule has 34 heavy (non-hydrogen) atoms. The molecule has 0 aliphatic rings. The summed E-state index contributed by atoms with van der Waals surface area (Å²) in [5, 5.41) is 10.1. The van der Waals surface area contributed by atoms with Crippen LogP contribution in [0.1, 0.15) is 103 Å². The van der Waals surface area contributed by atoms with E-state index >= 15 is 0 Å². The third-order valence-electron chi connectivity index (χ3n) is 6.06. The number of rotatable bonds is 6. The van der Waals surface area contributed by atoms with Crippen LogP contribution in [-0.4, -0.2) is 17.0 Å².